The average molecular weight is 723 g/mol. The van der Waals surface area contributed by atoms with Gasteiger partial charge in [0, 0.05) is 11.5 Å². The topological polar surface area (TPSA) is 221 Å². The number of ketones is 1. The highest BCUT2D eigenvalue weighted by Gasteiger charge is 2.39. The van der Waals surface area contributed by atoms with Gasteiger partial charge in [-0.25, -0.2) is 9.78 Å². The van der Waals surface area contributed by atoms with Gasteiger partial charge in [0.1, 0.15) is 36.6 Å². The quantitative estimate of drug-likeness (QED) is 0.127. The highest BCUT2D eigenvalue weighted by molar-refractivity contribution is 6.23. The van der Waals surface area contributed by atoms with Gasteiger partial charge in [-0.3, -0.25) is 33.7 Å². The smallest absolute Gasteiger partial charge is 0.408 e. The molecule has 269 valence electrons. The number of rotatable bonds is 17. The van der Waals surface area contributed by atoms with Crippen molar-refractivity contribution in [2.24, 2.45) is 5.92 Å². The highest BCUT2D eigenvalue weighted by Crippen LogP contribution is 2.24. The Kier molecular flexibility index (Phi) is 14.6. The maximum Gasteiger partial charge on any atom is 0.408 e. The first-order valence-electron chi connectivity index (χ1n) is 15.6. The Morgan fingerprint density at radius 2 is 1.45 bits per heavy atom. The highest BCUT2D eigenvalue weighted by atomic mass is 35.5. The summed E-state index contributed by atoms with van der Waals surface area (Å²) < 4.78 is 5.12. The van der Waals surface area contributed by atoms with Crippen molar-refractivity contribution in [1.29, 1.82) is 0 Å². The number of halogens is 1. The first-order chi connectivity index (χ1) is 24.2. The Bertz CT molecular complexity index is 1780. The van der Waals surface area contributed by atoms with Gasteiger partial charge in [0.2, 0.25) is 11.8 Å². The molecule has 0 fully saturated rings. The molecule has 0 unspecified atom stereocenters. The van der Waals surface area contributed by atoms with E-state index in [1.54, 1.807) is 74.5 Å². The molecule has 3 rings (SSSR count). The number of alkyl carbamates (subject to hydrolysis) is 1. The van der Waals surface area contributed by atoms with E-state index in [0.29, 0.717) is 16.5 Å². The van der Waals surface area contributed by atoms with Gasteiger partial charge in [0.25, 0.3) is 5.91 Å². The summed E-state index contributed by atoms with van der Waals surface area (Å²) in [5.41, 5.74) is 3.07. The number of para-hydroxylation sites is 1. The molecule has 3 aromatic rings. The number of amides is 4. The van der Waals surface area contributed by atoms with Crippen LogP contribution in [0.25, 0.3) is 10.9 Å². The minimum absolute atomic E-state index is 0.0200. The molecule has 0 saturated heterocycles. The maximum atomic E-state index is 14.3. The van der Waals surface area contributed by atoms with Crippen molar-refractivity contribution in [3.8, 4) is 0 Å². The zero-order valence-corrected chi connectivity index (χ0v) is 28.6. The molecule has 0 aliphatic heterocycles. The molecular formula is C35H37ClN5O10. The molecule has 15 nitrogen and oxygen atoms in total. The van der Waals surface area contributed by atoms with Gasteiger partial charge >= 0.3 is 18.0 Å². The second kappa shape index (κ2) is 18.8. The van der Waals surface area contributed by atoms with Gasteiger partial charge in [-0.05, 0) is 36.6 Å². The molecule has 0 bridgehead atoms. The summed E-state index contributed by atoms with van der Waals surface area (Å²) in [4.78, 5) is 95.3. The van der Waals surface area contributed by atoms with Gasteiger partial charge in [-0.15, -0.1) is 0 Å². The summed E-state index contributed by atoms with van der Waals surface area (Å²) in [7, 11) is 0. The van der Waals surface area contributed by atoms with E-state index in [1.165, 1.54) is 13.0 Å². The van der Waals surface area contributed by atoms with Crippen molar-refractivity contribution in [3.05, 3.63) is 83.9 Å². The van der Waals surface area contributed by atoms with Crippen LogP contribution in [0.5, 0.6) is 0 Å². The van der Waals surface area contributed by atoms with Crippen LogP contribution in [0, 0.1) is 11.5 Å². The summed E-state index contributed by atoms with van der Waals surface area (Å²) in [5.74, 6) is -7.21. The number of carboxylic acids is 2. The summed E-state index contributed by atoms with van der Waals surface area (Å²) in [6.45, 7) is 4.33. The Morgan fingerprint density at radius 3 is 2.08 bits per heavy atom. The van der Waals surface area contributed by atoms with Crippen molar-refractivity contribution in [2.45, 2.75) is 64.4 Å². The number of anilines is 1. The number of nitrogens with one attached hydrogen (secondary N) is 3. The number of aromatic nitrogens is 1. The van der Waals surface area contributed by atoms with Crippen molar-refractivity contribution in [3.63, 3.8) is 0 Å². The number of nitrogens with zero attached hydrogens (tertiary/aromatic N) is 2. The molecular weight excluding hydrogens is 686 g/mol. The fourth-order valence-electron chi connectivity index (χ4n) is 4.98. The van der Waals surface area contributed by atoms with E-state index in [0.717, 1.165) is 11.0 Å². The average Bonchev–Trinajstić information content (AvgIpc) is 3.08. The number of hydrogen-bond acceptors (Lipinski definition) is 9. The molecule has 0 aliphatic carbocycles. The first-order valence-corrected chi connectivity index (χ1v) is 16.0. The Hall–Kier alpha value is -5.83. The minimum Gasteiger partial charge on any atom is -0.481 e. The fourth-order valence-corrected chi connectivity index (χ4v) is 5.09. The monoisotopic (exact) mass is 722 g/mol. The normalized spacial score (nSPS) is 13.4. The summed E-state index contributed by atoms with van der Waals surface area (Å²) in [6, 6.07) is 12.6. The number of hydrogen-bond donors (Lipinski definition) is 5. The molecule has 1 heterocycles. The predicted octanol–water partition coefficient (Wildman–Crippen LogP) is 2.95. The summed E-state index contributed by atoms with van der Waals surface area (Å²) in [5, 5.41) is 26.5. The number of pyridine rings is 1. The largest absolute Gasteiger partial charge is 0.481 e. The number of benzene rings is 2. The zero-order chi connectivity index (χ0) is 37.7. The second-order valence-electron chi connectivity index (χ2n) is 11.7. The van der Waals surface area contributed by atoms with E-state index in [9.17, 15) is 43.8 Å². The molecule has 4 amide bonds. The van der Waals surface area contributed by atoms with Gasteiger partial charge in [-0.2, -0.15) is 0 Å². The van der Waals surface area contributed by atoms with Crippen molar-refractivity contribution < 1.29 is 48.5 Å². The summed E-state index contributed by atoms with van der Waals surface area (Å²) in [6.07, 6.45) is -1.97. The lowest BCUT2D eigenvalue weighted by atomic mass is 9.98. The number of aliphatic carboxylic acids is 2. The van der Waals surface area contributed by atoms with E-state index in [1.807, 2.05) is 5.54 Å². The number of carboxylic acid groups (broad SMARTS) is 2. The fraction of sp³-hybridized carbons (Fsp3) is 0.314. The molecule has 16 heteroatoms. The molecule has 4 atom stereocenters. The SMILES string of the molecule is CC(C)[C@@H](C(=O)N[C@@H](CC(=O)O)C(=O)C=[C]Cl)N(C(=O)[C@H](C)NC(=O)[C@H](CC(=O)O)NC(=O)OCc1ccccc1)c1ccc2ccccc2n1. The molecule has 1 aromatic heterocycles. The van der Waals surface area contributed by atoms with Gasteiger partial charge in [-0.1, -0.05) is 74.0 Å². The molecule has 0 saturated carbocycles. The number of fused-ring (bicyclic) bond motifs is 1. The van der Waals surface area contributed by atoms with Gasteiger partial charge in [0.05, 0.1) is 23.9 Å². The van der Waals surface area contributed by atoms with Crippen LogP contribution >= 0.6 is 11.6 Å². The molecule has 51 heavy (non-hydrogen) atoms. The Labute approximate surface area is 298 Å². The lowest BCUT2D eigenvalue weighted by molar-refractivity contribution is -0.140. The van der Waals surface area contributed by atoms with Crippen LogP contribution in [0.2, 0.25) is 0 Å². The van der Waals surface area contributed by atoms with Gasteiger partial charge < -0.3 is 30.9 Å². The van der Waals surface area contributed by atoms with E-state index in [4.69, 9.17) is 16.3 Å². The lowest BCUT2D eigenvalue weighted by Crippen LogP contribution is -2.60. The molecule has 0 aliphatic rings. The molecule has 2 aromatic carbocycles. The van der Waals surface area contributed by atoms with Crippen LogP contribution in [0.1, 0.15) is 39.2 Å². The Balaban J connectivity index is 1.94. The number of carbonyl (C=O) groups excluding carboxylic acids is 5. The van der Waals surface area contributed by atoms with Gasteiger partial charge in [0.15, 0.2) is 5.78 Å². The number of ether oxygens (including phenoxy) is 1. The first kappa shape index (κ1) is 39.6. The molecule has 0 spiro atoms. The van der Waals surface area contributed by atoms with Crippen LogP contribution in [0.15, 0.2) is 72.8 Å². The van der Waals surface area contributed by atoms with E-state index in [-0.39, 0.29) is 12.4 Å². The van der Waals surface area contributed by atoms with E-state index < -0.39 is 84.5 Å². The Morgan fingerprint density at radius 1 is 0.824 bits per heavy atom. The standard InChI is InChI=1S/C35H37ClN5O10/c1-20(2)31(33(48)39-25(17-29(43)44)27(42)15-16-36)41(28-14-13-23-11-7-8-12-24(23)38-28)34(49)21(3)37-32(47)26(18-30(45)46)40-35(50)51-19-22-9-5-4-6-10-22/h4-15,20-21,25-26,31H,17-19H2,1-3H3,(H,37,47)(H,39,48)(H,40,50)(H,43,44)(H,45,46)/t21-,25-,26-,31-/m0/s1. The third-order valence-corrected chi connectivity index (χ3v) is 7.52. The van der Waals surface area contributed by atoms with Crippen LogP contribution < -0.4 is 20.9 Å². The van der Waals surface area contributed by atoms with Crippen LogP contribution in [-0.4, -0.2) is 80.9 Å². The summed E-state index contributed by atoms with van der Waals surface area (Å²) >= 11 is 5.40. The van der Waals surface area contributed by atoms with Crippen LogP contribution in [-0.2, 0) is 40.1 Å². The predicted molar refractivity (Wildman–Crippen MR) is 184 cm³/mol. The zero-order valence-electron chi connectivity index (χ0n) is 27.9. The van der Waals surface area contributed by atoms with E-state index in [2.05, 4.69) is 20.9 Å². The van der Waals surface area contributed by atoms with Crippen LogP contribution in [0.4, 0.5) is 10.6 Å². The maximum absolute atomic E-state index is 14.3. The van der Waals surface area contributed by atoms with Crippen LogP contribution in [0.3, 0.4) is 0 Å². The van der Waals surface area contributed by atoms with Crippen molar-refractivity contribution in [2.75, 3.05) is 4.90 Å². The second-order valence-corrected chi connectivity index (χ2v) is 11.9. The molecule has 5 N–H and O–H groups in total. The minimum atomic E-state index is -1.66. The molecule has 1 radical (unpaired) electrons. The number of carbonyl (C=O) groups is 7. The third kappa shape index (κ3) is 11.6. The lowest BCUT2D eigenvalue weighted by Gasteiger charge is -2.35. The third-order valence-electron chi connectivity index (χ3n) is 7.41. The van der Waals surface area contributed by atoms with E-state index >= 15 is 0 Å². The van der Waals surface area contributed by atoms with Crippen molar-refractivity contribution >= 4 is 69.9 Å². The van der Waals surface area contributed by atoms with Crippen molar-refractivity contribution in [1.82, 2.24) is 20.9 Å².